The van der Waals surface area contributed by atoms with E-state index < -0.39 is 0 Å². The largest absolute Gasteiger partial charge is 0.493 e. The number of rotatable bonds is 4. The van der Waals surface area contributed by atoms with E-state index in [-0.39, 0.29) is 5.11 Å². The molecule has 1 aromatic rings. The van der Waals surface area contributed by atoms with Crippen LogP contribution in [-0.2, 0) is 0 Å². The van der Waals surface area contributed by atoms with Crippen LogP contribution in [0, 0.1) is 0 Å². The fourth-order valence-corrected chi connectivity index (χ4v) is 1.60. The van der Waals surface area contributed by atoms with Crippen LogP contribution in [0.2, 0.25) is 0 Å². The van der Waals surface area contributed by atoms with E-state index in [9.17, 15) is 0 Å². The van der Waals surface area contributed by atoms with Gasteiger partial charge in [-0.05, 0) is 58.8 Å². The Labute approximate surface area is 108 Å². The third-order valence-corrected chi connectivity index (χ3v) is 2.36. The second-order valence-corrected chi connectivity index (χ2v) is 4.15. The Morgan fingerprint density at radius 2 is 2.44 bits per heavy atom. The van der Waals surface area contributed by atoms with Gasteiger partial charge in [-0.3, -0.25) is 5.43 Å². The minimum absolute atomic E-state index is 0.140. The molecule has 0 aliphatic rings. The first-order valence-electron chi connectivity index (χ1n) is 4.64. The van der Waals surface area contributed by atoms with Crippen molar-refractivity contribution in [1.29, 1.82) is 0 Å². The van der Waals surface area contributed by atoms with Crippen molar-refractivity contribution in [1.82, 2.24) is 5.43 Å². The molecule has 86 valence electrons. The number of thiocarbonyl (C=S) groups is 1. The van der Waals surface area contributed by atoms with Crippen molar-refractivity contribution in [3.63, 3.8) is 0 Å². The van der Waals surface area contributed by atoms with Crippen molar-refractivity contribution in [2.24, 2.45) is 10.8 Å². The van der Waals surface area contributed by atoms with Crippen molar-refractivity contribution in [3.8, 4) is 5.75 Å². The van der Waals surface area contributed by atoms with E-state index in [2.05, 4.69) is 38.7 Å². The van der Waals surface area contributed by atoms with E-state index in [1.165, 1.54) is 0 Å². The van der Waals surface area contributed by atoms with Crippen LogP contribution in [0.3, 0.4) is 0 Å². The van der Waals surface area contributed by atoms with Gasteiger partial charge in [0, 0.05) is 0 Å². The third-order valence-electron chi connectivity index (χ3n) is 1.64. The summed E-state index contributed by atoms with van der Waals surface area (Å²) in [5.74, 6) is 0.807. The van der Waals surface area contributed by atoms with Gasteiger partial charge < -0.3 is 10.5 Å². The number of hydrogen-bond acceptors (Lipinski definition) is 3. The number of hydrogen-bond donors (Lipinski definition) is 2. The van der Waals surface area contributed by atoms with Crippen LogP contribution in [0.15, 0.2) is 27.8 Å². The highest BCUT2D eigenvalue weighted by molar-refractivity contribution is 9.10. The number of nitrogens with two attached hydrogens (primary N) is 1. The number of hydrazone groups is 1. The Kier molecular flexibility index (Phi) is 5.21. The number of benzene rings is 1. The summed E-state index contributed by atoms with van der Waals surface area (Å²) in [6.07, 6.45) is 1.62. The van der Waals surface area contributed by atoms with Crippen LogP contribution in [0.4, 0.5) is 0 Å². The minimum Gasteiger partial charge on any atom is -0.493 e. The third kappa shape index (κ3) is 4.16. The molecular formula is C10H12BrN3OS. The van der Waals surface area contributed by atoms with Gasteiger partial charge >= 0.3 is 0 Å². The molecule has 0 heterocycles. The Balaban J connectivity index is 2.73. The second-order valence-electron chi connectivity index (χ2n) is 2.86. The predicted octanol–water partition coefficient (Wildman–Crippen LogP) is 2.01. The molecule has 16 heavy (non-hydrogen) atoms. The Bertz CT molecular complexity index is 409. The van der Waals surface area contributed by atoms with Gasteiger partial charge in [0.15, 0.2) is 5.11 Å². The molecule has 4 nitrogen and oxygen atoms in total. The highest BCUT2D eigenvalue weighted by atomic mass is 79.9. The van der Waals surface area contributed by atoms with E-state index in [1.807, 2.05) is 25.1 Å². The monoisotopic (exact) mass is 301 g/mol. The Morgan fingerprint density at radius 3 is 3.00 bits per heavy atom. The topological polar surface area (TPSA) is 59.6 Å². The lowest BCUT2D eigenvalue weighted by Gasteiger charge is -2.05. The molecule has 3 N–H and O–H groups in total. The van der Waals surface area contributed by atoms with Gasteiger partial charge in [0.2, 0.25) is 0 Å². The van der Waals surface area contributed by atoms with Gasteiger partial charge in [-0.2, -0.15) is 5.10 Å². The smallest absolute Gasteiger partial charge is 0.184 e. The Morgan fingerprint density at radius 1 is 1.69 bits per heavy atom. The summed E-state index contributed by atoms with van der Waals surface area (Å²) >= 11 is 8.03. The first-order chi connectivity index (χ1) is 7.63. The molecule has 1 rings (SSSR count). The molecule has 0 aromatic heterocycles. The first kappa shape index (κ1) is 12.9. The molecule has 1 aromatic carbocycles. The number of ether oxygens (including phenoxy) is 1. The van der Waals surface area contributed by atoms with Crippen molar-refractivity contribution in [2.75, 3.05) is 6.61 Å². The van der Waals surface area contributed by atoms with Gasteiger partial charge in [-0.15, -0.1) is 0 Å². The number of nitrogens with one attached hydrogen (secondary N) is 1. The van der Waals surface area contributed by atoms with Crippen LogP contribution in [0.1, 0.15) is 12.5 Å². The van der Waals surface area contributed by atoms with Gasteiger partial charge in [-0.25, -0.2) is 0 Å². The van der Waals surface area contributed by atoms with E-state index in [4.69, 9.17) is 10.5 Å². The average molecular weight is 302 g/mol. The van der Waals surface area contributed by atoms with Crippen LogP contribution in [0.5, 0.6) is 5.75 Å². The van der Waals surface area contributed by atoms with Crippen molar-refractivity contribution >= 4 is 39.5 Å². The molecule has 0 atom stereocenters. The molecule has 0 saturated carbocycles. The molecule has 0 fully saturated rings. The number of nitrogens with zero attached hydrogens (tertiary/aromatic N) is 1. The van der Waals surface area contributed by atoms with E-state index in [1.54, 1.807) is 6.21 Å². The summed E-state index contributed by atoms with van der Waals surface area (Å²) in [5.41, 5.74) is 8.63. The summed E-state index contributed by atoms with van der Waals surface area (Å²) in [7, 11) is 0. The maximum atomic E-state index is 5.39. The molecule has 0 bridgehead atoms. The molecule has 0 unspecified atom stereocenters. The van der Waals surface area contributed by atoms with E-state index in [0.717, 1.165) is 15.8 Å². The molecule has 0 spiro atoms. The summed E-state index contributed by atoms with van der Waals surface area (Å²) in [6, 6.07) is 5.66. The van der Waals surface area contributed by atoms with Gasteiger partial charge in [0.25, 0.3) is 0 Å². The summed E-state index contributed by atoms with van der Waals surface area (Å²) in [4.78, 5) is 0. The molecule has 0 saturated heterocycles. The summed E-state index contributed by atoms with van der Waals surface area (Å²) in [6.45, 7) is 2.57. The zero-order valence-electron chi connectivity index (χ0n) is 8.74. The lowest BCUT2D eigenvalue weighted by Crippen LogP contribution is -2.23. The normalized spacial score (nSPS) is 10.4. The van der Waals surface area contributed by atoms with Crippen molar-refractivity contribution in [2.45, 2.75) is 6.92 Å². The molecule has 0 aliphatic heterocycles. The zero-order chi connectivity index (χ0) is 12.0. The second kappa shape index (κ2) is 6.44. The quantitative estimate of drug-likeness (QED) is 0.507. The van der Waals surface area contributed by atoms with Crippen LogP contribution in [-0.4, -0.2) is 17.9 Å². The van der Waals surface area contributed by atoms with Crippen molar-refractivity contribution in [3.05, 3.63) is 28.2 Å². The fourth-order valence-electron chi connectivity index (χ4n) is 1.04. The van der Waals surface area contributed by atoms with E-state index >= 15 is 0 Å². The maximum Gasteiger partial charge on any atom is 0.184 e. The zero-order valence-corrected chi connectivity index (χ0v) is 11.1. The molecule has 0 radical (unpaired) electrons. The van der Waals surface area contributed by atoms with Gasteiger partial charge in [0.1, 0.15) is 5.75 Å². The molecule has 6 heteroatoms. The summed E-state index contributed by atoms with van der Waals surface area (Å²) < 4.78 is 6.27. The first-order valence-corrected chi connectivity index (χ1v) is 5.84. The van der Waals surface area contributed by atoms with Crippen LogP contribution < -0.4 is 15.9 Å². The maximum absolute atomic E-state index is 5.39. The van der Waals surface area contributed by atoms with Crippen LogP contribution in [0.25, 0.3) is 0 Å². The SMILES string of the molecule is CCOc1ccc(/C=N\NC(N)=S)cc1Br. The standard InChI is InChI=1S/C10H12BrN3OS/c1-2-15-9-4-3-7(5-8(9)11)6-13-14-10(12)16/h3-6H,2H2,1H3,(H3,12,14,16)/b13-6-. The van der Waals surface area contributed by atoms with E-state index in [0.29, 0.717) is 6.61 Å². The minimum atomic E-state index is 0.140. The highest BCUT2D eigenvalue weighted by Gasteiger charge is 2.00. The lowest BCUT2D eigenvalue weighted by atomic mass is 10.2. The molecule has 0 aliphatic carbocycles. The molecular weight excluding hydrogens is 290 g/mol. The molecule has 0 amide bonds. The summed E-state index contributed by atoms with van der Waals surface area (Å²) in [5, 5.41) is 4.00. The lowest BCUT2D eigenvalue weighted by molar-refractivity contribution is 0.338. The highest BCUT2D eigenvalue weighted by Crippen LogP contribution is 2.25. The fraction of sp³-hybridized carbons (Fsp3) is 0.200. The van der Waals surface area contributed by atoms with Crippen molar-refractivity contribution < 1.29 is 4.74 Å². The Hall–Kier alpha value is -1.14. The number of halogens is 1. The van der Waals surface area contributed by atoms with Gasteiger partial charge in [-0.1, -0.05) is 0 Å². The van der Waals surface area contributed by atoms with Gasteiger partial charge in [0.05, 0.1) is 17.3 Å². The average Bonchev–Trinajstić information content (AvgIpc) is 2.21. The van der Waals surface area contributed by atoms with Crippen LogP contribution >= 0.6 is 28.1 Å². The predicted molar refractivity (Wildman–Crippen MR) is 72.8 cm³/mol.